The number of rotatable bonds is 5. The number of hydrogen-bond donors (Lipinski definition) is 2. The van der Waals surface area contributed by atoms with Gasteiger partial charge in [0, 0.05) is 31.2 Å². The fourth-order valence-electron chi connectivity index (χ4n) is 3.15. The number of nitrogens with zero attached hydrogens (tertiary/aromatic N) is 1. The summed E-state index contributed by atoms with van der Waals surface area (Å²) in [5, 5.41) is 12.8. The molecule has 3 unspecified atom stereocenters. The Morgan fingerprint density at radius 3 is 2.94 bits per heavy atom. The first-order valence-corrected chi connectivity index (χ1v) is 6.93. The van der Waals surface area contributed by atoms with Crippen LogP contribution in [0.4, 0.5) is 0 Å². The summed E-state index contributed by atoms with van der Waals surface area (Å²) in [6, 6.07) is 1.20. The Labute approximate surface area is 104 Å². The van der Waals surface area contributed by atoms with E-state index in [0.717, 1.165) is 19.7 Å². The van der Waals surface area contributed by atoms with Gasteiger partial charge < -0.3 is 15.2 Å². The zero-order valence-electron chi connectivity index (χ0n) is 11.1. The number of hydrogen-bond acceptors (Lipinski definition) is 4. The molecule has 0 aromatic heterocycles. The van der Waals surface area contributed by atoms with Crippen molar-refractivity contribution in [2.24, 2.45) is 0 Å². The molecule has 1 saturated heterocycles. The van der Waals surface area contributed by atoms with Crippen LogP contribution in [-0.4, -0.2) is 60.5 Å². The molecule has 17 heavy (non-hydrogen) atoms. The highest BCUT2D eigenvalue weighted by atomic mass is 16.5. The van der Waals surface area contributed by atoms with Gasteiger partial charge in [0.25, 0.3) is 0 Å². The van der Waals surface area contributed by atoms with Gasteiger partial charge in [-0.1, -0.05) is 13.8 Å². The van der Waals surface area contributed by atoms with Gasteiger partial charge in [-0.25, -0.2) is 0 Å². The minimum atomic E-state index is 0.189. The van der Waals surface area contributed by atoms with E-state index in [1.165, 1.54) is 19.3 Å². The fourth-order valence-corrected chi connectivity index (χ4v) is 3.15. The average Bonchev–Trinajstić information content (AvgIpc) is 2.76. The van der Waals surface area contributed by atoms with Crippen LogP contribution in [0.5, 0.6) is 0 Å². The standard InChI is InChI=1S/C13H26N2O2/c1-10(2)14-11(9-16)8-15-6-7-17-13-5-3-4-12(13)15/h10-14,16H,3-9H2,1-2H3. The second-order valence-electron chi connectivity index (χ2n) is 5.60. The van der Waals surface area contributed by atoms with Crippen molar-refractivity contribution >= 4 is 0 Å². The Hall–Kier alpha value is -0.160. The van der Waals surface area contributed by atoms with Crippen LogP contribution in [0.2, 0.25) is 0 Å². The SMILES string of the molecule is CC(C)NC(CO)CN1CCOC2CCCC21. The number of ether oxygens (including phenoxy) is 1. The molecule has 1 saturated carbocycles. The highest BCUT2D eigenvalue weighted by Gasteiger charge is 2.36. The maximum absolute atomic E-state index is 9.43. The molecule has 0 aromatic carbocycles. The molecule has 1 heterocycles. The Morgan fingerprint density at radius 1 is 1.41 bits per heavy atom. The number of aliphatic hydroxyl groups excluding tert-OH is 1. The van der Waals surface area contributed by atoms with Crippen LogP contribution in [-0.2, 0) is 4.74 Å². The molecule has 4 nitrogen and oxygen atoms in total. The fraction of sp³-hybridized carbons (Fsp3) is 1.00. The molecule has 3 atom stereocenters. The van der Waals surface area contributed by atoms with Gasteiger partial charge in [-0.15, -0.1) is 0 Å². The minimum Gasteiger partial charge on any atom is -0.395 e. The zero-order valence-corrected chi connectivity index (χ0v) is 11.1. The lowest BCUT2D eigenvalue weighted by Crippen LogP contribution is -2.54. The van der Waals surface area contributed by atoms with Gasteiger partial charge in [-0.3, -0.25) is 4.90 Å². The Kier molecular flexibility index (Phi) is 4.79. The van der Waals surface area contributed by atoms with Crippen molar-refractivity contribution in [2.45, 2.75) is 57.3 Å². The summed E-state index contributed by atoms with van der Waals surface area (Å²) >= 11 is 0. The summed E-state index contributed by atoms with van der Waals surface area (Å²) < 4.78 is 5.80. The first-order chi connectivity index (χ1) is 8.20. The van der Waals surface area contributed by atoms with Crippen LogP contribution in [0.3, 0.4) is 0 Å². The quantitative estimate of drug-likeness (QED) is 0.741. The summed E-state index contributed by atoms with van der Waals surface area (Å²) in [7, 11) is 0. The third kappa shape index (κ3) is 3.41. The second-order valence-corrected chi connectivity index (χ2v) is 5.60. The topological polar surface area (TPSA) is 44.7 Å². The maximum Gasteiger partial charge on any atom is 0.0730 e. The summed E-state index contributed by atoms with van der Waals surface area (Å²) in [5.74, 6) is 0. The summed E-state index contributed by atoms with van der Waals surface area (Å²) in [6.45, 7) is 7.27. The highest BCUT2D eigenvalue weighted by molar-refractivity contribution is 4.91. The monoisotopic (exact) mass is 242 g/mol. The van der Waals surface area contributed by atoms with E-state index in [-0.39, 0.29) is 12.6 Å². The summed E-state index contributed by atoms with van der Waals surface area (Å²) in [5.41, 5.74) is 0. The van der Waals surface area contributed by atoms with E-state index in [9.17, 15) is 5.11 Å². The molecular weight excluding hydrogens is 216 g/mol. The maximum atomic E-state index is 9.43. The van der Waals surface area contributed by atoms with Crippen LogP contribution < -0.4 is 5.32 Å². The van der Waals surface area contributed by atoms with Gasteiger partial charge in [0.05, 0.1) is 19.3 Å². The van der Waals surface area contributed by atoms with Crippen molar-refractivity contribution in [3.63, 3.8) is 0 Å². The van der Waals surface area contributed by atoms with Gasteiger partial charge >= 0.3 is 0 Å². The molecule has 100 valence electrons. The molecule has 4 heteroatoms. The lowest BCUT2D eigenvalue weighted by atomic mass is 10.1. The molecule has 1 aliphatic heterocycles. The van der Waals surface area contributed by atoms with E-state index in [2.05, 4.69) is 24.1 Å². The van der Waals surface area contributed by atoms with E-state index in [1.807, 2.05) is 0 Å². The number of nitrogens with one attached hydrogen (secondary N) is 1. The molecule has 0 spiro atoms. The lowest BCUT2D eigenvalue weighted by Gasteiger charge is -2.39. The van der Waals surface area contributed by atoms with Crippen molar-refractivity contribution in [2.75, 3.05) is 26.3 Å². The predicted octanol–water partition coefficient (Wildman–Crippen LogP) is 0.599. The average molecular weight is 242 g/mol. The van der Waals surface area contributed by atoms with Crippen molar-refractivity contribution in [3.05, 3.63) is 0 Å². The van der Waals surface area contributed by atoms with E-state index in [4.69, 9.17) is 4.74 Å². The van der Waals surface area contributed by atoms with E-state index >= 15 is 0 Å². The van der Waals surface area contributed by atoms with Crippen molar-refractivity contribution < 1.29 is 9.84 Å². The second kappa shape index (κ2) is 6.14. The number of fused-ring (bicyclic) bond motifs is 1. The van der Waals surface area contributed by atoms with E-state index < -0.39 is 0 Å². The minimum absolute atomic E-state index is 0.189. The lowest BCUT2D eigenvalue weighted by molar-refractivity contribution is -0.0599. The third-order valence-corrected chi connectivity index (χ3v) is 3.84. The zero-order chi connectivity index (χ0) is 12.3. The molecule has 0 amide bonds. The Morgan fingerprint density at radius 2 is 2.24 bits per heavy atom. The molecular formula is C13H26N2O2. The third-order valence-electron chi connectivity index (χ3n) is 3.84. The molecule has 2 rings (SSSR count). The van der Waals surface area contributed by atoms with Crippen LogP contribution in [0.1, 0.15) is 33.1 Å². The van der Waals surface area contributed by atoms with Gasteiger partial charge in [0.15, 0.2) is 0 Å². The molecule has 2 aliphatic rings. The van der Waals surface area contributed by atoms with E-state index in [1.54, 1.807) is 0 Å². The van der Waals surface area contributed by atoms with E-state index in [0.29, 0.717) is 18.2 Å². The molecule has 0 bridgehead atoms. The Balaban J connectivity index is 1.87. The number of aliphatic hydroxyl groups is 1. The van der Waals surface area contributed by atoms with Crippen molar-refractivity contribution in [3.8, 4) is 0 Å². The number of morpholine rings is 1. The van der Waals surface area contributed by atoms with Gasteiger partial charge in [-0.05, 0) is 19.3 Å². The molecule has 2 fully saturated rings. The summed E-state index contributed by atoms with van der Waals surface area (Å²) in [4.78, 5) is 2.51. The first-order valence-electron chi connectivity index (χ1n) is 6.93. The Bertz CT molecular complexity index is 235. The van der Waals surface area contributed by atoms with Crippen LogP contribution in [0.15, 0.2) is 0 Å². The molecule has 0 radical (unpaired) electrons. The molecule has 2 N–H and O–H groups in total. The van der Waals surface area contributed by atoms with Gasteiger partial charge in [0.2, 0.25) is 0 Å². The first kappa shape index (κ1) is 13.3. The largest absolute Gasteiger partial charge is 0.395 e. The molecule has 0 aromatic rings. The normalized spacial score (nSPS) is 31.8. The highest BCUT2D eigenvalue weighted by Crippen LogP contribution is 2.29. The van der Waals surface area contributed by atoms with Crippen LogP contribution in [0.25, 0.3) is 0 Å². The summed E-state index contributed by atoms with van der Waals surface area (Å²) in [6.07, 6.45) is 4.20. The predicted molar refractivity (Wildman–Crippen MR) is 68.1 cm³/mol. The van der Waals surface area contributed by atoms with Crippen LogP contribution >= 0.6 is 0 Å². The van der Waals surface area contributed by atoms with Crippen molar-refractivity contribution in [1.29, 1.82) is 0 Å². The van der Waals surface area contributed by atoms with Crippen molar-refractivity contribution in [1.82, 2.24) is 10.2 Å². The molecule has 1 aliphatic carbocycles. The van der Waals surface area contributed by atoms with Crippen LogP contribution in [0, 0.1) is 0 Å². The smallest absolute Gasteiger partial charge is 0.0730 e. The van der Waals surface area contributed by atoms with Gasteiger partial charge in [-0.2, -0.15) is 0 Å². The van der Waals surface area contributed by atoms with Gasteiger partial charge in [0.1, 0.15) is 0 Å².